The summed E-state index contributed by atoms with van der Waals surface area (Å²) in [6.07, 6.45) is 1.91. The van der Waals surface area contributed by atoms with Crippen LogP contribution in [0.15, 0.2) is 29.2 Å². The van der Waals surface area contributed by atoms with Crippen molar-refractivity contribution in [3.05, 3.63) is 34.4 Å². The third kappa shape index (κ3) is 3.78. The first-order chi connectivity index (χ1) is 9.84. The zero-order valence-electron chi connectivity index (χ0n) is 11.8. The first-order valence-corrected chi connectivity index (χ1v) is 8.26. The van der Waals surface area contributed by atoms with Crippen molar-refractivity contribution in [1.29, 1.82) is 0 Å². The standard InChI is InChI=1S/C13H19N3O4S/c1-13(7-4-8-14-9-13)10-15-21(19,20)12-6-3-2-5-11(12)16(17)18/h2-3,5-6,14-15H,4,7-10H2,1H3. The van der Waals surface area contributed by atoms with E-state index < -0.39 is 20.6 Å². The van der Waals surface area contributed by atoms with Gasteiger partial charge in [-0.05, 0) is 30.9 Å². The van der Waals surface area contributed by atoms with Crippen LogP contribution in [0, 0.1) is 15.5 Å². The number of rotatable bonds is 5. The molecule has 0 bridgehead atoms. The number of nitrogens with one attached hydrogen (secondary N) is 2. The van der Waals surface area contributed by atoms with Gasteiger partial charge in [0.05, 0.1) is 4.92 Å². The average molecular weight is 313 g/mol. The Morgan fingerprint density at radius 1 is 1.43 bits per heavy atom. The summed E-state index contributed by atoms with van der Waals surface area (Å²) in [5.74, 6) is 0. The third-order valence-electron chi connectivity index (χ3n) is 3.73. The van der Waals surface area contributed by atoms with Gasteiger partial charge in [0, 0.05) is 19.2 Å². The number of nitrogens with zero attached hydrogens (tertiary/aromatic N) is 1. The Hall–Kier alpha value is -1.51. The molecule has 1 unspecified atom stereocenters. The first kappa shape index (κ1) is 15.9. The number of hydrogen-bond donors (Lipinski definition) is 2. The van der Waals surface area contributed by atoms with Gasteiger partial charge in [0.15, 0.2) is 4.90 Å². The summed E-state index contributed by atoms with van der Waals surface area (Å²) in [6, 6.07) is 5.37. The van der Waals surface area contributed by atoms with E-state index in [1.807, 2.05) is 6.92 Å². The zero-order valence-corrected chi connectivity index (χ0v) is 12.6. The smallest absolute Gasteiger partial charge is 0.289 e. The molecule has 1 aliphatic heterocycles. The number of nitro groups is 1. The Balaban J connectivity index is 2.17. The van der Waals surface area contributed by atoms with Crippen molar-refractivity contribution in [2.45, 2.75) is 24.7 Å². The molecule has 1 aromatic rings. The molecule has 1 atom stereocenters. The molecule has 0 amide bonds. The molecular formula is C13H19N3O4S. The molecule has 1 saturated heterocycles. The second-order valence-electron chi connectivity index (χ2n) is 5.64. The lowest BCUT2D eigenvalue weighted by atomic mass is 9.83. The van der Waals surface area contributed by atoms with Crippen LogP contribution >= 0.6 is 0 Å². The van der Waals surface area contributed by atoms with Gasteiger partial charge in [-0.2, -0.15) is 0 Å². The van der Waals surface area contributed by atoms with Crippen LogP contribution in [0.3, 0.4) is 0 Å². The molecule has 1 aliphatic rings. The second kappa shape index (κ2) is 6.08. The fourth-order valence-corrected chi connectivity index (χ4v) is 3.82. The topological polar surface area (TPSA) is 101 Å². The van der Waals surface area contributed by atoms with Crippen LogP contribution in [0.4, 0.5) is 5.69 Å². The maximum Gasteiger partial charge on any atom is 0.289 e. The molecular weight excluding hydrogens is 294 g/mol. The average Bonchev–Trinajstić information content (AvgIpc) is 2.46. The first-order valence-electron chi connectivity index (χ1n) is 6.78. The quantitative estimate of drug-likeness (QED) is 0.629. The summed E-state index contributed by atoms with van der Waals surface area (Å²) in [5.41, 5.74) is -0.577. The number of hydrogen-bond acceptors (Lipinski definition) is 5. The van der Waals surface area contributed by atoms with Crippen molar-refractivity contribution in [3.8, 4) is 0 Å². The van der Waals surface area contributed by atoms with E-state index in [1.54, 1.807) is 0 Å². The SMILES string of the molecule is CC1(CNS(=O)(=O)c2ccccc2[N+](=O)[O-])CCCNC1. The minimum Gasteiger partial charge on any atom is -0.316 e. The van der Waals surface area contributed by atoms with Crippen molar-refractivity contribution in [2.75, 3.05) is 19.6 Å². The fraction of sp³-hybridized carbons (Fsp3) is 0.538. The Morgan fingerprint density at radius 3 is 2.76 bits per heavy atom. The number of piperidine rings is 1. The van der Waals surface area contributed by atoms with Gasteiger partial charge in [-0.1, -0.05) is 19.1 Å². The summed E-state index contributed by atoms with van der Waals surface area (Å²) in [7, 11) is -3.89. The highest BCUT2D eigenvalue weighted by Gasteiger charge is 2.31. The van der Waals surface area contributed by atoms with Crippen LogP contribution in [-0.4, -0.2) is 33.0 Å². The fourth-order valence-electron chi connectivity index (χ4n) is 2.45. The summed E-state index contributed by atoms with van der Waals surface area (Å²) in [6.45, 7) is 3.92. The van der Waals surface area contributed by atoms with E-state index in [0.717, 1.165) is 25.9 Å². The molecule has 0 aromatic heterocycles. The molecule has 0 spiro atoms. The van der Waals surface area contributed by atoms with Crippen LogP contribution in [0.2, 0.25) is 0 Å². The molecule has 0 aliphatic carbocycles. The van der Waals surface area contributed by atoms with Gasteiger partial charge >= 0.3 is 0 Å². The van der Waals surface area contributed by atoms with Crippen molar-refractivity contribution in [3.63, 3.8) is 0 Å². The summed E-state index contributed by atoms with van der Waals surface area (Å²) in [5, 5.41) is 14.2. The number of nitro benzene ring substituents is 1. The van der Waals surface area contributed by atoms with Crippen LogP contribution in [0.25, 0.3) is 0 Å². The predicted octanol–water partition coefficient (Wildman–Crippen LogP) is 1.26. The highest BCUT2D eigenvalue weighted by molar-refractivity contribution is 7.89. The van der Waals surface area contributed by atoms with Crippen LogP contribution in [-0.2, 0) is 10.0 Å². The van der Waals surface area contributed by atoms with Crippen molar-refractivity contribution < 1.29 is 13.3 Å². The van der Waals surface area contributed by atoms with Gasteiger partial charge in [-0.25, -0.2) is 13.1 Å². The molecule has 2 rings (SSSR count). The maximum absolute atomic E-state index is 12.3. The van der Waals surface area contributed by atoms with Crippen LogP contribution < -0.4 is 10.0 Å². The summed E-state index contributed by atoms with van der Waals surface area (Å²) < 4.78 is 27.1. The molecule has 8 heteroatoms. The van der Waals surface area contributed by atoms with E-state index in [-0.39, 0.29) is 16.9 Å². The Bertz CT molecular complexity index is 624. The molecule has 1 aromatic carbocycles. The monoisotopic (exact) mass is 313 g/mol. The van der Waals surface area contributed by atoms with Gasteiger partial charge < -0.3 is 5.32 Å². The molecule has 2 N–H and O–H groups in total. The molecule has 1 fully saturated rings. The Labute approximate surface area is 123 Å². The molecule has 1 heterocycles. The normalized spacial score (nSPS) is 22.9. The maximum atomic E-state index is 12.3. The van der Waals surface area contributed by atoms with Crippen molar-refractivity contribution >= 4 is 15.7 Å². The lowest BCUT2D eigenvalue weighted by Gasteiger charge is -2.34. The predicted molar refractivity (Wildman–Crippen MR) is 78.5 cm³/mol. The van der Waals surface area contributed by atoms with Crippen molar-refractivity contribution in [1.82, 2.24) is 10.0 Å². The number of sulfonamides is 1. The third-order valence-corrected chi connectivity index (χ3v) is 5.17. The number of benzene rings is 1. The van der Waals surface area contributed by atoms with E-state index in [9.17, 15) is 18.5 Å². The summed E-state index contributed by atoms with van der Waals surface area (Å²) in [4.78, 5) is 9.97. The molecule has 0 saturated carbocycles. The molecule has 0 radical (unpaired) electrons. The van der Waals surface area contributed by atoms with E-state index in [1.165, 1.54) is 24.3 Å². The van der Waals surface area contributed by atoms with Gasteiger partial charge in [-0.15, -0.1) is 0 Å². The zero-order chi connectivity index (χ0) is 15.5. The second-order valence-corrected chi connectivity index (χ2v) is 7.38. The summed E-state index contributed by atoms with van der Waals surface area (Å²) >= 11 is 0. The highest BCUT2D eigenvalue weighted by Crippen LogP contribution is 2.27. The van der Waals surface area contributed by atoms with Gasteiger partial charge in [0.25, 0.3) is 5.69 Å². The van der Waals surface area contributed by atoms with Crippen LogP contribution in [0.5, 0.6) is 0 Å². The minimum atomic E-state index is -3.89. The lowest BCUT2D eigenvalue weighted by Crippen LogP contribution is -2.45. The van der Waals surface area contributed by atoms with Gasteiger partial charge in [0.1, 0.15) is 0 Å². The molecule has 116 valence electrons. The van der Waals surface area contributed by atoms with E-state index in [4.69, 9.17) is 0 Å². The van der Waals surface area contributed by atoms with E-state index in [0.29, 0.717) is 0 Å². The Morgan fingerprint density at radius 2 is 2.14 bits per heavy atom. The largest absolute Gasteiger partial charge is 0.316 e. The Kier molecular flexibility index (Phi) is 4.60. The molecule has 21 heavy (non-hydrogen) atoms. The van der Waals surface area contributed by atoms with Gasteiger partial charge in [0.2, 0.25) is 10.0 Å². The van der Waals surface area contributed by atoms with Crippen LogP contribution in [0.1, 0.15) is 19.8 Å². The van der Waals surface area contributed by atoms with Crippen molar-refractivity contribution in [2.24, 2.45) is 5.41 Å². The minimum absolute atomic E-state index is 0.172. The van der Waals surface area contributed by atoms with Gasteiger partial charge in [-0.3, -0.25) is 10.1 Å². The molecule has 7 nitrogen and oxygen atoms in total. The van der Waals surface area contributed by atoms with E-state index >= 15 is 0 Å². The lowest BCUT2D eigenvalue weighted by molar-refractivity contribution is -0.387. The number of para-hydroxylation sites is 1. The highest BCUT2D eigenvalue weighted by atomic mass is 32.2. The van der Waals surface area contributed by atoms with E-state index in [2.05, 4.69) is 10.0 Å².